The van der Waals surface area contributed by atoms with Crippen LogP contribution in [0.5, 0.6) is 0 Å². The molecule has 0 aliphatic heterocycles. The van der Waals surface area contributed by atoms with Gasteiger partial charge in [0, 0.05) is 10.8 Å². The van der Waals surface area contributed by atoms with Gasteiger partial charge in [-0.05, 0) is 43.2 Å². The number of fused-ring (bicyclic) bond motifs is 4. The van der Waals surface area contributed by atoms with Gasteiger partial charge in [-0.25, -0.2) is 9.78 Å². The van der Waals surface area contributed by atoms with E-state index < -0.39 is 0 Å². The van der Waals surface area contributed by atoms with Crippen molar-refractivity contribution in [3.8, 4) is 0 Å². The quantitative estimate of drug-likeness (QED) is 0.275. The van der Waals surface area contributed by atoms with Crippen LogP contribution in [-0.4, -0.2) is 4.98 Å². The molecule has 21 heavy (non-hydrogen) atoms. The Morgan fingerprint density at radius 2 is 1.76 bits per heavy atom. The number of aryl methyl sites for hydroxylation is 2. The summed E-state index contributed by atoms with van der Waals surface area (Å²) in [4.78, 5) is 16.9. The topological polar surface area (TPSA) is 43.1 Å². The van der Waals surface area contributed by atoms with Crippen LogP contribution in [-0.2, 0) is 0 Å². The van der Waals surface area contributed by atoms with Crippen LogP contribution in [0.2, 0.25) is 0 Å². The van der Waals surface area contributed by atoms with Gasteiger partial charge in [0.2, 0.25) is 0 Å². The molecule has 3 heteroatoms. The lowest BCUT2D eigenvalue weighted by Crippen LogP contribution is -2.02. The Balaban J connectivity index is 2.32. The molecule has 0 radical (unpaired) electrons. The average Bonchev–Trinajstić information content (AvgIpc) is 2.50. The Labute approximate surface area is 120 Å². The van der Waals surface area contributed by atoms with Crippen LogP contribution in [0, 0.1) is 13.8 Å². The molecule has 0 aliphatic rings. The van der Waals surface area contributed by atoms with E-state index in [1.807, 2.05) is 36.4 Å². The molecule has 3 nitrogen and oxygen atoms in total. The molecule has 0 atom stereocenters. The standard InChI is InChI=1S/C18H13NO2/c1-10-7-8-12-9-14-17(19-16(12)11(10)2)13-5-3-4-6-15(13)21-18(14)20/h3-9H,1-2H3. The molecule has 0 bridgehead atoms. The Hall–Kier alpha value is -2.68. The highest BCUT2D eigenvalue weighted by atomic mass is 16.4. The highest BCUT2D eigenvalue weighted by molar-refractivity contribution is 6.06. The number of aromatic nitrogens is 1. The van der Waals surface area contributed by atoms with Crippen LogP contribution in [0.25, 0.3) is 32.8 Å². The smallest absolute Gasteiger partial charge is 0.345 e. The zero-order valence-electron chi connectivity index (χ0n) is 11.8. The first kappa shape index (κ1) is 12.1. The van der Waals surface area contributed by atoms with E-state index in [2.05, 4.69) is 13.8 Å². The maximum atomic E-state index is 12.2. The van der Waals surface area contributed by atoms with Crippen molar-refractivity contribution >= 4 is 32.8 Å². The van der Waals surface area contributed by atoms with Crippen LogP contribution in [0.4, 0.5) is 0 Å². The average molecular weight is 275 g/mol. The molecule has 0 aliphatic carbocycles. The molecule has 2 aromatic heterocycles. The lowest BCUT2D eigenvalue weighted by atomic mass is 10.0. The number of benzene rings is 2. The highest BCUT2D eigenvalue weighted by Gasteiger charge is 2.11. The lowest BCUT2D eigenvalue weighted by Gasteiger charge is -2.07. The van der Waals surface area contributed by atoms with Gasteiger partial charge in [-0.15, -0.1) is 0 Å². The number of pyridine rings is 1. The number of hydrogen-bond donors (Lipinski definition) is 0. The predicted molar refractivity (Wildman–Crippen MR) is 84.8 cm³/mol. The van der Waals surface area contributed by atoms with Crippen LogP contribution < -0.4 is 5.63 Å². The maximum absolute atomic E-state index is 12.2. The third kappa shape index (κ3) is 1.67. The van der Waals surface area contributed by atoms with Gasteiger partial charge in [0.05, 0.1) is 16.4 Å². The monoisotopic (exact) mass is 275 g/mol. The third-order valence-corrected chi connectivity index (χ3v) is 4.08. The second-order valence-electron chi connectivity index (χ2n) is 5.35. The summed E-state index contributed by atoms with van der Waals surface area (Å²) in [6.07, 6.45) is 0. The molecule has 2 aromatic carbocycles. The fraction of sp³-hybridized carbons (Fsp3) is 0.111. The minimum Gasteiger partial charge on any atom is -0.422 e. The van der Waals surface area contributed by atoms with Gasteiger partial charge in [-0.3, -0.25) is 0 Å². The summed E-state index contributed by atoms with van der Waals surface area (Å²) in [6.45, 7) is 4.13. The predicted octanol–water partition coefficient (Wildman–Crippen LogP) is 4.11. The zero-order valence-corrected chi connectivity index (χ0v) is 11.8. The Morgan fingerprint density at radius 1 is 0.952 bits per heavy atom. The minimum absolute atomic E-state index is 0.337. The van der Waals surface area contributed by atoms with E-state index in [1.54, 1.807) is 6.07 Å². The molecular weight excluding hydrogens is 262 g/mol. The first-order valence-electron chi connectivity index (χ1n) is 6.87. The Bertz CT molecular complexity index is 1080. The van der Waals surface area contributed by atoms with Gasteiger partial charge in [0.25, 0.3) is 0 Å². The first-order valence-corrected chi connectivity index (χ1v) is 6.87. The SMILES string of the molecule is Cc1ccc2cc3c(=O)oc4ccccc4c3nc2c1C. The molecule has 2 heterocycles. The fourth-order valence-electron chi connectivity index (χ4n) is 2.75. The van der Waals surface area contributed by atoms with Gasteiger partial charge >= 0.3 is 5.63 Å². The Morgan fingerprint density at radius 3 is 2.62 bits per heavy atom. The molecule has 0 spiro atoms. The Kier molecular flexibility index (Phi) is 2.39. The van der Waals surface area contributed by atoms with Crippen LogP contribution in [0.15, 0.2) is 51.7 Å². The third-order valence-electron chi connectivity index (χ3n) is 4.08. The molecular formula is C18H13NO2. The molecule has 4 rings (SSSR count). The molecule has 0 amide bonds. The number of para-hydroxylation sites is 1. The molecule has 102 valence electrons. The van der Waals surface area contributed by atoms with E-state index in [4.69, 9.17) is 9.40 Å². The summed E-state index contributed by atoms with van der Waals surface area (Å²) in [5.41, 5.74) is 4.23. The van der Waals surface area contributed by atoms with E-state index in [0.717, 1.165) is 21.9 Å². The van der Waals surface area contributed by atoms with Crippen molar-refractivity contribution in [1.29, 1.82) is 0 Å². The maximum Gasteiger partial charge on any atom is 0.345 e. The van der Waals surface area contributed by atoms with Crippen LogP contribution in [0.1, 0.15) is 11.1 Å². The van der Waals surface area contributed by atoms with Gasteiger partial charge in [0.15, 0.2) is 0 Å². The van der Waals surface area contributed by atoms with E-state index in [0.29, 0.717) is 16.5 Å². The summed E-state index contributed by atoms with van der Waals surface area (Å²) in [6, 6.07) is 13.4. The second-order valence-corrected chi connectivity index (χ2v) is 5.35. The van der Waals surface area contributed by atoms with Crippen molar-refractivity contribution in [1.82, 2.24) is 4.98 Å². The molecule has 4 aromatic rings. The van der Waals surface area contributed by atoms with Gasteiger partial charge in [-0.2, -0.15) is 0 Å². The van der Waals surface area contributed by atoms with Crippen LogP contribution in [0.3, 0.4) is 0 Å². The van der Waals surface area contributed by atoms with Crippen molar-refractivity contribution in [3.63, 3.8) is 0 Å². The van der Waals surface area contributed by atoms with E-state index in [1.165, 1.54) is 5.56 Å². The zero-order chi connectivity index (χ0) is 14.6. The van der Waals surface area contributed by atoms with Crippen LogP contribution >= 0.6 is 0 Å². The second kappa shape index (κ2) is 4.16. The highest BCUT2D eigenvalue weighted by Crippen LogP contribution is 2.26. The summed E-state index contributed by atoms with van der Waals surface area (Å²) in [7, 11) is 0. The van der Waals surface area contributed by atoms with E-state index in [-0.39, 0.29) is 5.63 Å². The molecule has 0 N–H and O–H groups in total. The summed E-state index contributed by atoms with van der Waals surface area (Å²) in [5.74, 6) is 0. The fourth-order valence-corrected chi connectivity index (χ4v) is 2.75. The largest absolute Gasteiger partial charge is 0.422 e. The number of rotatable bonds is 0. The molecule has 0 fully saturated rings. The molecule has 0 saturated carbocycles. The van der Waals surface area contributed by atoms with Crippen molar-refractivity contribution in [3.05, 3.63) is 64.0 Å². The first-order chi connectivity index (χ1) is 10.1. The van der Waals surface area contributed by atoms with Gasteiger partial charge < -0.3 is 4.42 Å². The molecule has 0 saturated heterocycles. The molecule has 0 unspecified atom stereocenters. The lowest BCUT2D eigenvalue weighted by molar-refractivity contribution is 0.569. The van der Waals surface area contributed by atoms with Crippen molar-refractivity contribution < 1.29 is 4.42 Å². The van der Waals surface area contributed by atoms with Gasteiger partial charge in [0.1, 0.15) is 5.58 Å². The summed E-state index contributed by atoms with van der Waals surface area (Å²) in [5, 5.41) is 2.37. The van der Waals surface area contributed by atoms with E-state index in [9.17, 15) is 4.79 Å². The van der Waals surface area contributed by atoms with Gasteiger partial charge in [-0.1, -0.05) is 24.3 Å². The minimum atomic E-state index is -0.337. The van der Waals surface area contributed by atoms with E-state index >= 15 is 0 Å². The summed E-state index contributed by atoms with van der Waals surface area (Å²) >= 11 is 0. The van der Waals surface area contributed by atoms with Crippen molar-refractivity contribution in [2.45, 2.75) is 13.8 Å². The number of nitrogens with zero attached hydrogens (tertiary/aromatic N) is 1. The number of hydrogen-bond acceptors (Lipinski definition) is 3. The van der Waals surface area contributed by atoms with Crippen molar-refractivity contribution in [2.24, 2.45) is 0 Å². The normalized spacial score (nSPS) is 11.5. The van der Waals surface area contributed by atoms with Crippen molar-refractivity contribution in [2.75, 3.05) is 0 Å². The summed E-state index contributed by atoms with van der Waals surface area (Å²) < 4.78 is 5.38.